The normalized spacial score (nSPS) is 32.1. The summed E-state index contributed by atoms with van der Waals surface area (Å²) >= 11 is 0. The minimum atomic E-state index is -0.998. The highest BCUT2D eigenvalue weighted by Crippen LogP contribution is 2.55. The molecule has 2 N–H and O–H groups in total. The van der Waals surface area contributed by atoms with Crippen LogP contribution in [0.2, 0.25) is 0 Å². The molecule has 3 aliphatic rings. The van der Waals surface area contributed by atoms with Crippen LogP contribution in [-0.2, 0) is 14.3 Å². The maximum atomic E-state index is 13.6. The number of carbonyl (C=O) groups is 1. The van der Waals surface area contributed by atoms with E-state index in [1.54, 1.807) is 31.2 Å². The van der Waals surface area contributed by atoms with Gasteiger partial charge in [-0.1, -0.05) is 30.8 Å². The molecule has 3 fully saturated rings. The van der Waals surface area contributed by atoms with Crippen molar-refractivity contribution in [3.05, 3.63) is 82.3 Å². The van der Waals surface area contributed by atoms with Gasteiger partial charge < -0.3 is 40.1 Å². The average Bonchev–Trinajstić information content (AvgIpc) is 3.79. The summed E-state index contributed by atoms with van der Waals surface area (Å²) in [6.07, 6.45) is -0.653. The van der Waals surface area contributed by atoms with Crippen LogP contribution in [-0.4, -0.2) is 62.5 Å². The van der Waals surface area contributed by atoms with Crippen molar-refractivity contribution in [2.24, 2.45) is 0 Å². The molecule has 6 unspecified atom stereocenters. The first kappa shape index (κ1) is 26.4. The van der Waals surface area contributed by atoms with Gasteiger partial charge in [0.15, 0.2) is 5.60 Å². The van der Waals surface area contributed by atoms with Gasteiger partial charge in [0.25, 0.3) is 5.91 Å². The lowest BCUT2D eigenvalue weighted by atomic mass is 9.94. The molecule has 2 aromatic rings. The highest BCUT2D eigenvalue weighted by Gasteiger charge is 2.62. The number of anilines is 2. The van der Waals surface area contributed by atoms with Crippen molar-refractivity contribution in [3.8, 4) is 0 Å². The zero-order valence-electron chi connectivity index (χ0n) is 21.8. The second-order valence-corrected chi connectivity index (χ2v) is 10.7. The van der Waals surface area contributed by atoms with Crippen LogP contribution in [0.3, 0.4) is 0 Å². The first-order valence-corrected chi connectivity index (χ1v) is 12.5. The van der Waals surface area contributed by atoms with Crippen LogP contribution < -0.4 is 10.5 Å². The maximum absolute atomic E-state index is 13.6. The standard InChI is InChI=1S/C27H32N4O7/c1-16-15-29(25(32)27(5)24(38-27)20-8-12-22(13-9-20)31(35)36)17(2)14-28(16)18(3)26(4)23(37-26)19-6-10-21(11-7-19)30(33)34/h6-13,16-17,23-24,33,35H,3,14-15H2,1-2,4-5H3/q-2. The zero-order valence-corrected chi connectivity index (χ0v) is 21.8. The molecule has 2 aromatic carbocycles. The van der Waals surface area contributed by atoms with E-state index in [-0.39, 0.29) is 45.9 Å². The Morgan fingerprint density at radius 3 is 1.71 bits per heavy atom. The zero-order chi connectivity index (χ0) is 27.6. The molecule has 3 heterocycles. The van der Waals surface area contributed by atoms with Gasteiger partial charge in [0.1, 0.15) is 17.8 Å². The number of benzene rings is 2. The van der Waals surface area contributed by atoms with Gasteiger partial charge in [-0.25, -0.2) is 0 Å². The number of hydrogen-bond acceptors (Lipinski definition) is 10. The number of hydrogen-bond donors (Lipinski definition) is 2. The van der Waals surface area contributed by atoms with Crippen LogP contribution in [0, 0.1) is 10.4 Å². The van der Waals surface area contributed by atoms with Gasteiger partial charge in [0.2, 0.25) is 0 Å². The fourth-order valence-corrected chi connectivity index (χ4v) is 5.48. The molecule has 0 aliphatic carbocycles. The highest BCUT2D eigenvalue weighted by molar-refractivity contribution is 5.89. The monoisotopic (exact) mass is 524 g/mol. The molecule has 11 heteroatoms. The topological polar surface area (TPSA) is 142 Å². The Kier molecular flexibility index (Phi) is 6.41. The molecular weight excluding hydrogens is 492 g/mol. The Labute approximate surface area is 221 Å². The minimum absolute atomic E-state index is 0.0113. The fraction of sp³-hybridized carbons (Fsp3) is 0.444. The van der Waals surface area contributed by atoms with E-state index in [1.807, 2.05) is 25.7 Å². The SMILES string of the molecule is C=C(N1CC(C)N(C(=O)C2(C)OC2c2ccc(N([O-])O)cc2)CC1C)C1(C)OC1c1ccc(N([O-])O)cc1. The predicted octanol–water partition coefficient (Wildman–Crippen LogP) is 3.87. The average molecular weight is 525 g/mol. The van der Waals surface area contributed by atoms with E-state index in [4.69, 9.17) is 19.9 Å². The molecular formula is C27H32N4O7-2. The van der Waals surface area contributed by atoms with E-state index in [2.05, 4.69) is 11.5 Å². The Balaban J connectivity index is 1.23. The summed E-state index contributed by atoms with van der Waals surface area (Å²) in [4.78, 5) is 17.6. The first-order valence-electron chi connectivity index (χ1n) is 12.5. The fourth-order valence-electron chi connectivity index (χ4n) is 5.48. The number of nitrogens with zero attached hydrogens (tertiary/aromatic N) is 4. The Morgan fingerprint density at radius 1 is 0.842 bits per heavy atom. The van der Waals surface area contributed by atoms with Crippen LogP contribution in [0.15, 0.2) is 60.8 Å². The van der Waals surface area contributed by atoms with Crippen molar-refractivity contribution in [2.45, 2.75) is 63.2 Å². The summed E-state index contributed by atoms with van der Waals surface area (Å²) in [6, 6.07) is 12.8. The van der Waals surface area contributed by atoms with Crippen LogP contribution in [0.25, 0.3) is 0 Å². The molecule has 1 amide bonds. The Bertz CT molecular complexity index is 1130. The summed E-state index contributed by atoms with van der Waals surface area (Å²) in [5.41, 5.74) is 1.11. The third kappa shape index (κ3) is 4.41. The van der Waals surface area contributed by atoms with Gasteiger partial charge in [-0.15, -0.1) is 0 Å². The molecule has 3 aliphatic heterocycles. The van der Waals surface area contributed by atoms with E-state index in [1.165, 1.54) is 24.3 Å². The lowest BCUT2D eigenvalue weighted by Crippen LogP contribution is -2.60. The van der Waals surface area contributed by atoms with E-state index in [9.17, 15) is 15.2 Å². The van der Waals surface area contributed by atoms with Crippen LogP contribution in [0.4, 0.5) is 11.4 Å². The number of ether oxygens (including phenoxy) is 2. The summed E-state index contributed by atoms with van der Waals surface area (Å²) in [5, 5.41) is 39.9. The second kappa shape index (κ2) is 9.23. The van der Waals surface area contributed by atoms with Crippen molar-refractivity contribution in [1.29, 1.82) is 0 Å². The van der Waals surface area contributed by atoms with Gasteiger partial charge in [-0.3, -0.25) is 15.2 Å². The van der Waals surface area contributed by atoms with E-state index in [0.29, 0.717) is 13.1 Å². The second-order valence-electron chi connectivity index (χ2n) is 10.7. The third-order valence-electron chi connectivity index (χ3n) is 8.04. The summed E-state index contributed by atoms with van der Waals surface area (Å²) in [7, 11) is 0. The molecule has 0 saturated carbocycles. The number of rotatable bonds is 7. The van der Waals surface area contributed by atoms with E-state index < -0.39 is 17.3 Å². The molecule has 5 rings (SSSR count). The van der Waals surface area contributed by atoms with Crippen LogP contribution in [0.5, 0.6) is 0 Å². The summed E-state index contributed by atoms with van der Waals surface area (Å²) in [6.45, 7) is 13.2. The maximum Gasteiger partial charge on any atom is 0.258 e. The molecule has 0 radical (unpaired) electrons. The summed E-state index contributed by atoms with van der Waals surface area (Å²) in [5.74, 6) is -0.0908. The lowest BCUT2D eigenvalue weighted by molar-refractivity contribution is -0.142. The number of amides is 1. The Hall–Kier alpha value is -3.19. The highest BCUT2D eigenvalue weighted by atomic mass is 16.8. The largest absolute Gasteiger partial charge is 0.733 e. The smallest absolute Gasteiger partial charge is 0.258 e. The van der Waals surface area contributed by atoms with Crippen molar-refractivity contribution in [1.82, 2.24) is 9.80 Å². The van der Waals surface area contributed by atoms with Gasteiger partial charge >= 0.3 is 0 Å². The molecule has 0 aromatic heterocycles. The minimum Gasteiger partial charge on any atom is -0.733 e. The number of piperazine rings is 1. The quantitative estimate of drug-likeness (QED) is 0.405. The van der Waals surface area contributed by atoms with Crippen molar-refractivity contribution < 1.29 is 24.7 Å². The molecule has 38 heavy (non-hydrogen) atoms. The molecule has 0 spiro atoms. The van der Waals surface area contributed by atoms with Crippen LogP contribution >= 0.6 is 0 Å². The van der Waals surface area contributed by atoms with Gasteiger partial charge in [0.05, 0.1) is 11.4 Å². The predicted molar refractivity (Wildman–Crippen MR) is 139 cm³/mol. The third-order valence-corrected chi connectivity index (χ3v) is 8.04. The van der Waals surface area contributed by atoms with Crippen LogP contribution in [0.1, 0.15) is 51.0 Å². The van der Waals surface area contributed by atoms with Gasteiger partial charge in [0, 0.05) is 30.9 Å². The molecule has 11 nitrogen and oxygen atoms in total. The van der Waals surface area contributed by atoms with E-state index >= 15 is 0 Å². The molecule has 0 bridgehead atoms. The van der Waals surface area contributed by atoms with Crippen molar-refractivity contribution in [3.63, 3.8) is 0 Å². The van der Waals surface area contributed by atoms with Crippen molar-refractivity contribution in [2.75, 3.05) is 23.5 Å². The molecule has 204 valence electrons. The first-order chi connectivity index (χ1) is 17.9. The Morgan fingerprint density at radius 2 is 1.24 bits per heavy atom. The summed E-state index contributed by atoms with van der Waals surface area (Å²) < 4.78 is 12.0. The lowest BCUT2D eigenvalue weighted by Gasteiger charge is -2.47. The van der Waals surface area contributed by atoms with Gasteiger partial charge in [-0.2, -0.15) is 0 Å². The molecule has 3 saturated heterocycles. The van der Waals surface area contributed by atoms with Crippen molar-refractivity contribution >= 4 is 17.3 Å². The van der Waals surface area contributed by atoms with E-state index in [0.717, 1.165) is 16.8 Å². The number of epoxide rings is 2. The van der Waals surface area contributed by atoms with Gasteiger partial charge in [-0.05, 0) is 63.1 Å². The molecule has 6 atom stereocenters. The number of carbonyl (C=O) groups excluding carboxylic acids is 1.